The number of benzene rings is 1. The van der Waals surface area contributed by atoms with Gasteiger partial charge in [-0.3, -0.25) is 14.9 Å². The van der Waals surface area contributed by atoms with Crippen LogP contribution in [0.2, 0.25) is 5.02 Å². The summed E-state index contributed by atoms with van der Waals surface area (Å²) in [5.74, 6) is 0.218. The molecule has 2 N–H and O–H groups in total. The molecule has 1 amide bonds. The van der Waals surface area contributed by atoms with Crippen LogP contribution in [-0.4, -0.2) is 23.2 Å². The highest BCUT2D eigenvalue weighted by molar-refractivity contribution is 7.13. The smallest absolute Gasteiger partial charge is 0.324 e. The van der Waals surface area contributed by atoms with Gasteiger partial charge in [-0.25, -0.2) is 5.10 Å². The number of rotatable bonds is 8. The number of nitrogens with one attached hydrogen (secondary N) is 2. The molecule has 154 valence electrons. The first-order valence-corrected chi connectivity index (χ1v) is 10.3. The Morgan fingerprint density at radius 1 is 1.38 bits per heavy atom. The minimum atomic E-state index is -0.380. The second-order valence-electron chi connectivity index (χ2n) is 6.46. The van der Waals surface area contributed by atoms with Crippen LogP contribution in [-0.2, 0) is 4.79 Å². The van der Waals surface area contributed by atoms with E-state index in [-0.39, 0.29) is 15.9 Å². The maximum absolute atomic E-state index is 13.1. The fourth-order valence-electron chi connectivity index (χ4n) is 2.58. The number of hydrogen-bond acceptors (Lipinski definition) is 5. The third-order valence-electron chi connectivity index (χ3n) is 3.82. The summed E-state index contributed by atoms with van der Waals surface area (Å²) in [6, 6.07) is 5.27. The zero-order valence-electron chi connectivity index (χ0n) is 16.8. The summed E-state index contributed by atoms with van der Waals surface area (Å²) < 4.78 is 5.51. The number of unbranched alkanes of at least 4 members (excludes halogenated alkanes) is 1. The van der Waals surface area contributed by atoms with E-state index >= 15 is 0 Å². The summed E-state index contributed by atoms with van der Waals surface area (Å²) in [6.07, 6.45) is 7.40. The first kappa shape index (κ1) is 22.6. The zero-order chi connectivity index (χ0) is 21.4. The molecule has 1 aromatic carbocycles. The number of anilines is 1. The lowest BCUT2D eigenvalue weighted by atomic mass is 9.95. The standard InChI is InChI=1S/C21H24ClN3O3S/c1-5-6-7-8-15(19(26)23-20-24-25-21(27)29-20)16(11-13(2)3)17-12-14(22)9-10-18(17)28-4/h7-12H,5-6H2,1-4H3,(H,25,27)(H,23,24,26)/b8-7+,16-15-. The molecule has 1 aromatic heterocycles. The fraction of sp³-hybridized carbons (Fsp3) is 0.286. The third-order valence-corrected chi connectivity index (χ3v) is 4.72. The van der Waals surface area contributed by atoms with Crippen LogP contribution < -0.4 is 14.9 Å². The summed E-state index contributed by atoms with van der Waals surface area (Å²) >= 11 is 7.06. The van der Waals surface area contributed by atoms with Gasteiger partial charge in [-0.2, -0.15) is 0 Å². The minimum absolute atomic E-state index is 0.205. The fourth-order valence-corrected chi connectivity index (χ4v) is 3.26. The topological polar surface area (TPSA) is 84.1 Å². The monoisotopic (exact) mass is 433 g/mol. The van der Waals surface area contributed by atoms with Gasteiger partial charge in [0.15, 0.2) is 0 Å². The molecule has 0 radical (unpaired) electrons. The summed E-state index contributed by atoms with van der Waals surface area (Å²) in [4.78, 5) is 24.1. The number of allylic oxidation sites excluding steroid dienone is 4. The number of halogens is 1. The molecule has 2 rings (SSSR count). The van der Waals surface area contributed by atoms with Gasteiger partial charge in [0.2, 0.25) is 5.13 Å². The second kappa shape index (κ2) is 10.8. The average molecular weight is 434 g/mol. The number of H-pyrrole nitrogens is 1. The van der Waals surface area contributed by atoms with Crippen LogP contribution in [0.15, 0.2) is 52.4 Å². The van der Waals surface area contributed by atoms with Gasteiger partial charge in [0.25, 0.3) is 5.91 Å². The van der Waals surface area contributed by atoms with Crippen molar-refractivity contribution in [2.75, 3.05) is 12.4 Å². The first-order valence-electron chi connectivity index (χ1n) is 9.12. The lowest BCUT2D eigenvalue weighted by Gasteiger charge is -2.14. The first-order chi connectivity index (χ1) is 13.8. The summed E-state index contributed by atoms with van der Waals surface area (Å²) in [6.45, 7) is 5.95. The van der Waals surface area contributed by atoms with Crippen LogP contribution in [0, 0.1) is 0 Å². The number of hydrogen-bond donors (Lipinski definition) is 2. The van der Waals surface area contributed by atoms with E-state index in [0.717, 1.165) is 29.8 Å². The summed E-state index contributed by atoms with van der Waals surface area (Å²) in [5, 5.41) is 9.54. The van der Waals surface area contributed by atoms with E-state index in [1.54, 1.807) is 31.4 Å². The number of aromatic nitrogens is 2. The Kier molecular flexibility index (Phi) is 8.42. The Bertz CT molecular complexity index is 1010. The van der Waals surface area contributed by atoms with Gasteiger partial charge in [0, 0.05) is 16.2 Å². The van der Waals surface area contributed by atoms with Crippen LogP contribution in [0.5, 0.6) is 5.75 Å². The highest BCUT2D eigenvalue weighted by Crippen LogP contribution is 2.33. The number of carbonyl (C=O) groups is 1. The Morgan fingerprint density at radius 3 is 2.72 bits per heavy atom. The molecule has 0 saturated carbocycles. The van der Waals surface area contributed by atoms with Crippen LogP contribution in [0.25, 0.3) is 5.57 Å². The molecular formula is C21H24ClN3O3S. The molecule has 29 heavy (non-hydrogen) atoms. The molecule has 0 spiro atoms. The van der Waals surface area contributed by atoms with E-state index in [4.69, 9.17) is 16.3 Å². The number of nitrogens with zero attached hydrogens (tertiary/aromatic N) is 1. The number of amides is 1. The van der Waals surface area contributed by atoms with Crippen LogP contribution in [0.1, 0.15) is 39.2 Å². The lowest BCUT2D eigenvalue weighted by Crippen LogP contribution is -2.15. The van der Waals surface area contributed by atoms with Gasteiger partial charge in [-0.1, -0.05) is 48.7 Å². The van der Waals surface area contributed by atoms with Crippen LogP contribution >= 0.6 is 22.9 Å². The summed E-state index contributed by atoms with van der Waals surface area (Å²) in [5.41, 5.74) is 2.78. The van der Waals surface area contributed by atoms with Crippen LogP contribution in [0.4, 0.5) is 5.13 Å². The summed E-state index contributed by atoms with van der Waals surface area (Å²) in [7, 11) is 1.57. The van der Waals surface area contributed by atoms with Gasteiger partial charge in [-0.15, -0.1) is 5.10 Å². The Labute approximate surface area is 179 Å². The Morgan fingerprint density at radius 2 is 2.14 bits per heavy atom. The molecular weight excluding hydrogens is 410 g/mol. The van der Waals surface area contributed by atoms with Crippen molar-refractivity contribution < 1.29 is 9.53 Å². The predicted octanol–water partition coefficient (Wildman–Crippen LogP) is 5.21. The molecule has 6 nitrogen and oxygen atoms in total. The normalized spacial score (nSPS) is 11.9. The molecule has 1 heterocycles. The molecule has 0 aliphatic heterocycles. The van der Waals surface area contributed by atoms with Gasteiger partial charge >= 0.3 is 4.87 Å². The van der Waals surface area contributed by atoms with Gasteiger partial charge in [0.1, 0.15) is 5.75 Å². The van der Waals surface area contributed by atoms with E-state index in [1.807, 2.05) is 26.0 Å². The number of methoxy groups -OCH3 is 1. The van der Waals surface area contributed by atoms with Gasteiger partial charge in [-0.05, 0) is 55.4 Å². The van der Waals surface area contributed by atoms with E-state index in [9.17, 15) is 9.59 Å². The van der Waals surface area contributed by atoms with Crippen molar-refractivity contribution in [2.24, 2.45) is 0 Å². The van der Waals surface area contributed by atoms with Crippen molar-refractivity contribution in [3.63, 3.8) is 0 Å². The molecule has 0 fully saturated rings. The molecule has 0 saturated heterocycles. The van der Waals surface area contributed by atoms with E-state index < -0.39 is 0 Å². The SMILES string of the molecule is CCC/C=C/C(C(=O)Nc1n[nH]c(=O)s1)=C(\C=C(C)C)c1cc(Cl)ccc1OC. The number of aromatic amines is 1. The van der Waals surface area contributed by atoms with Gasteiger partial charge < -0.3 is 4.74 Å². The highest BCUT2D eigenvalue weighted by Gasteiger charge is 2.18. The van der Waals surface area contributed by atoms with Crippen LogP contribution in [0.3, 0.4) is 0 Å². The Hall–Kier alpha value is -2.64. The van der Waals surface area contributed by atoms with Crippen molar-refractivity contribution >= 4 is 39.5 Å². The molecule has 8 heteroatoms. The van der Waals surface area contributed by atoms with Crippen molar-refractivity contribution in [2.45, 2.75) is 33.6 Å². The van der Waals surface area contributed by atoms with Crippen molar-refractivity contribution in [3.05, 3.63) is 67.8 Å². The minimum Gasteiger partial charge on any atom is -0.496 e. The highest BCUT2D eigenvalue weighted by atomic mass is 35.5. The molecule has 0 unspecified atom stereocenters. The lowest BCUT2D eigenvalue weighted by molar-refractivity contribution is -0.112. The quantitative estimate of drug-likeness (QED) is 0.442. The van der Waals surface area contributed by atoms with Gasteiger partial charge in [0.05, 0.1) is 7.11 Å². The molecule has 0 aliphatic rings. The van der Waals surface area contributed by atoms with E-state index in [0.29, 0.717) is 27.5 Å². The largest absolute Gasteiger partial charge is 0.496 e. The predicted molar refractivity (Wildman–Crippen MR) is 120 cm³/mol. The van der Waals surface area contributed by atoms with E-state index in [1.165, 1.54) is 0 Å². The molecule has 0 bridgehead atoms. The second-order valence-corrected chi connectivity index (χ2v) is 7.86. The zero-order valence-corrected chi connectivity index (χ0v) is 18.4. The van der Waals surface area contributed by atoms with Crippen molar-refractivity contribution in [3.8, 4) is 5.75 Å². The number of carbonyl (C=O) groups excluding carboxylic acids is 1. The molecule has 2 aromatic rings. The molecule has 0 atom stereocenters. The average Bonchev–Trinajstić information content (AvgIpc) is 3.08. The third kappa shape index (κ3) is 6.44. The molecule has 0 aliphatic carbocycles. The maximum atomic E-state index is 13.1. The van der Waals surface area contributed by atoms with Crippen molar-refractivity contribution in [1.29, 1.82) is 0 Å². The van der Waals surface area contributed by atoms with Crippen molar-refractivity contribution in [1.82, 2.24) is 10.2 Å². The number of ether oxygens (including phenoxy) is 1. The maximum Gasteiger partial charge on any atom is 0.324 e. The van der Waals surface area contributed by atoms with E-state index in [2.05, 4.69) is 22.4 Å². The Balaban J connectivity index is 2.69.